The van der Waals surface area contributed by atoms with Gasteiger partial charge in [-0.2, -0.15) is 0 Å². The Labute approximate surface area is 150 Å². The molecule has 26 heavy (non-hydrogen) atoms. The zero-order valence-corrected chi connectivity index (χ0v) is 14.3. The summed E-state index contributed by atoms with van der Waals surface area (Å²) in [6, 6.07) is 12.6. The second-order valence-corrected chi connectivity index (χ2v) is 5.69. The van der Waals surface area contributed by atoms with Gasteiger partial charge in [-0.25, -0.2) is 0 Å². The molecule has 7 nitrogen and oxygen atoms in total. The zero-order valence-electron chi connectivity index (χ0n) is 14.3. The van der Waals surface area contributed by atoms with E-state index in [0.29, 0.717) is 22.9 Å². The molecule has 0 saturated heterocycles. The lowest BCUT2D eigenvalue weighted by Gasteiger charge is -2.08. The van der Waals surface area contributed by atoms with Crippen molar-refractivity contribution in [2.45, 2.75) is 13.3 Å². The highest BCUT2D eigenvalue weighted by Crippen LogP contribution is 2.34. The van der Waals surface area contributed by atoms with E-state index in [-0.39, 0.29) is 26.4 Å². The summed E-state index contributed by atoms with van der Waals surface area (Å²) in [5, 5.41) is 2.63. The SMILES string of the molecule is Cc1cccc(OCCC(=O)OCC(=O)Nc2ccc3c(c2)OCO3)c1. The number of hydrogen-bond acceptors (Lipinski definition) is 6. The highest BCUT2D eigenvalue weighted by atomic mass is 16.7. The quantitative estimate of drug-likeness (QED) is 0.767. The summed E-state index contributed by atoms with van der Waals surface area (Å²) in [4.78, 5) is 23.5. The Hall–Kier alpha value is -3.22. The Morgan fingerprint density at radius 2 is 1.96 bits per heavy atom. The van der Waals surface area contributed by atoms with E-state index in [1.54, 1.807) is 18.2 Å². The van der Waals surface area contributed by atoms with Crippen LogP contribution >= 0.6 is 0 Å². The molecule has 0 atom stereocenters. The number of ether oxygens (including phenoxy) is 4. The molecule has 136 valence electrons. The summed E-state index contributed by atoms with van der Waals surface area (Å²) < 4.78 is 20.9. The van der Waals surface area contributed by atoms with Crippen molar-refractivity contribution < 1.29 is 28.5 Å². The van der Waals surface area contributed by atoms with Gasteiger partial charge in [0.2, 0.25) is 6.79 Å². The maximum atomic E-state index is 11.9. The first-order chi connectivity index (χ1) is 12.6. The molecule has 3 rings (SSSR count). The maximum Gasteiger partial charge on any atom is 0.309 e. The topological polar surface area (TPSA) is 83.1 Å². The Bertz CT molecular complexity index is 804. The summed E-state index contributed by atoms with van der Waals surface area (Å²) >= 11 is 0. The van der Waals surface area contributed by atoms with E-state index in [0.717, 1.165) is 5.56 Å². The van der Waals surface area contributed by atoms with Crippen LogP contribution in [0.4, 0.5) is 5.69 Å². The molecule has 2 aromatic carbocycles. The molecule has 1 N–H and O–H groups in total. The molecule has 0 unspecified atom stereocenters. The Balaban J connectivity index is 1.36. The lowest BCUT2D eigenvalue weighted by Crippen LogP contribution is -2.21. The standard InChI is InChI=1S/C19H19NO6/c1-13-3-2-4-15(9-13)23-8-7-19(22)24-11-18(21)20-14-5-6-16-17(10-14)26-12-25-16/h2-6,9-10H,7-8,11-12H2,1H3,(H,20,21). The highest BCUT2D eigenvalue weighted by Gasteiger charge is 2.14. The molecule has 1 amide bonds. The first-order valence-electron chi connectivity index (χ1n) is 8.15. The highest BCUT2D eigenvalue weighted by molar-refractivity contribution is 5.93. The minimum absolute atomic E-state index is 0.0608. The van der Waals surface area contributed by atoms with Crippen molar-refractivity contribution in [3.8, 4) is 17.2 Å². The Kier molecular flexibility index (Phi) is 5.58. The summed E-state index contributed by atoms with van der Waals surface area (Å²) in [6.07, 6.45) is 0.0608. The van der Waals surface area contributed by atoms with Gasteiger partial charge < -0.3 is 24.3 Å². The van der Waals surface area contributed by atoms with Crippen LogP contribution in [0.5, 0.6) is 17.2 Å². The molecule has 2 aromatic rings. The first kappa shape index (κ1) is 17.6. The van der Waals surface area contributed by atoms with E-state index in [2.05, 4.69) is 5.32 Å². The summed E-state index contributed by atoms with van der Waals surface area (Å²) in [5.74, 6) is 0.949. The van der Waals surface area contributed by atoms with Crippen molar-refractivity contribution in [1.82, 2.24) is 0 Å². The molecule has 1 aliphatic rings. The van der Waals surface area contributed by atoms with Gasteiger partial charge >= 0.3 is 5.97 Å². The number of nitrogens with one attached hydrogen (secondary N) is 1. The van der Waals surface area contributed by atoms with Gasteiger partial charge in [0.25, 0.3) is 5.91 Å². The van der Waals surface area contributed by atoms with Gasteiger partial charge in [0, 0.05) is 11.8 Å². The minimum atomic E-state index is -0.501. The number of hydrogen-bond donors (Lipinski definition) is 1. The van der Waals surface area contributed by atoms with Crippen LogP contribution in [0, 0.1) is 6.92 Å². The predicted molar refractivity (Wildman–Crippen MR) is 93.4 cm³/mol. The van der Waals surface area contributed by atoms with E-state index in [4.69, 9.17) is 18.9 Å². The van der Waals surface area contributed by atoms with Crippen molar-refractivity contribution in [3.05, 3.63) is 48.0 Å². The fourth-order valence-electron chi connectivity index (χ4n) is 2.35. The normalized spacial score (nSPS) is 11.7. The fraction of sp³-hybridized carbons (Fsp3) is 0.263. The fourth-order valence-corrected chi connectivity index (χ4v) is 2.35. The number of amides is 1. The van der Waals surface area contributed by atoms with Crippen LogP contribution in [-0.4, -0.2) is 31.9 Å². The Morgan fingerprint density at radius 3 is 2.81 bits per heavy atom. The second-order valence-electron chi connectivity index (χ2n) is 5.69. The van der Waals surface area contributed by atoms with E-state index in [1.165, 1.54) is 0 Å². The monoisotopic (exact) mass is 357 g/mol. The largest absolute Gasteiger partial charge is 0.493 e. The molecule has 1 aliphatic heterocycles. The van der Waals surface area contributed by atoms with E-state index >= 15 is 0 Å². The van der Waals surface area contributed by atoms with Crippen molar-refractivity contribution in [2.24, 2.45) is 0 Å². The van der Waals surface area contributed by atoms with Crippen molar-refractivity contribution >= 4 is 17.6 Å². The number of carbonyl (C=O) groups excluding carboxylic acids is 2. The molecular weight excluding hydrogens is 338 g/mol. The second kappa shape index (κ2) is 8.24. The van der Waals surface area contributed by atoms with Gasteiger partial charge in [0.1, 0.15) is 5.75 Å². The minimum Gasteiger partial charge on any atom is -0.493 e. The van der Waals surface area contributed by atoms with Crippen LogP contribution < -0.4 is 19.5 Å². The predicted octanol–water partition coefficient (Wildman–Crippen LogP) is 2.67. The number of rotatable bonds is 7. The van der Waals surface area contributed by atoms with Gasteiger partial charge in [-0.15, -0.1) is 0 Å². The first-order valence-corrected chi connectivity index (χ1v) is 8.15. The number of carbonyl (C=O) groups is 2. The molecule has 1 heterocycles. The summed E-state index contributed by atoms with van der Waals surface area (Å²) in [7, 11) is 0. The number of benzene rings is 2. The Morgan fingerprint density at radius 1 is 1.12 bits per heavy atom. The van der Waals surface area contributed by atoms with Gasteiger partial charge in [0.15, 0.2) is 18.1 Å². The van der Waals surface area contributed by atoms with Crippen LogP contribution in [0.3, 0.4) is 0 Å². The summed E-state index contributed by atoms with van der Waals surface area (Å²) in [5.41, 5.74) is 1.61. The third-order valence-electron chi connectivity index (χ3n) is 3.59. The van der Waals surface area contributed by atoms with E-state index < -0.39 is 11.9 Å². The maximum absolute atomic E-state index is 11.9. The van der Waals surface area contributed by atoms with Crippen LogP contribution in [0.25, 0.3) is 0 Å². The zero-order chi connectivity index (χ0) is 18.4. The van der Waals surface area contributed by atoms with Gasteiger partial charge in [-0.3, -0.25) is 9.59 Å². The van der Waals surface area contributed by atoms with Gasteiger partial charge in [0.05, 0.1) is 13.0 Å². The lowest BCUT2D eigenvalue weighted by molar-refractivity contribution is -0.147. The molecule has 0 bridgehead atoms. The molecule has 0 aromatic heterocycles. The number of anilines is 1. The third-order valence-corrected chi connectivity index (χ3v) is 3.59. The van der Waals surface area contributed by atoms with Crippen molar-refractivity contribution in [2.75, 3.05) is 25.3 Å². The van der Waals surface area contributed by atoms with E-state index in [1.807, 2.05) is 31.2 Å². The average Bonchev–Trinajstić information content (AvgIpc) is 3.08. The average molecular weight is 357 g/mol. The molecule has 0 radical (unpaired) electrons. The van der Waals surface area contributed by atoms with Crippen LogP contribution in [0.15, 0.2) is 42.5 Å². The van der Waals surface area contributed by atoms with E-state index in [9.17, 15) is 9.59 Å². The van der Waals surface area contributed by atoms with Crippen LogP contribution in [0.2, 0.25) is 0 Å². The van der Waals surface area contributed by atoms with Gasteiger partial charge in [-0.1, -0.05) is 12.1 Å². The number of esters is 1. The molecular formula is C19H19NO6. The third kappa shape index (κ3) is 4.89. The molecule has 7 heteroatoms. The van der Waals surface area contributed by atoms with Crippen molar-refractivity contribution in [1.29, 1.82) is 0 Å². The molecule has 0 saturated carbocycles. The smallest absolute Gasteiger partial charge is 0.309 e. The summed E-state index contributed by atoms with van der Waals surface area (Å²) in [6.45, 7) is 1.94. The number of aryl methyl sites for hydroxylation is 1. The molecule has 0 aliphatic carbocycles. The van der Waals surface area contributed by atoms with Crippen LogP contribution in [0.1, 0.15) is 12.0 Å². The van der Waals surface area contributed by atoms with Crippen LogP contribution in [-0.2, 0) is 14.3 Å². The molecule has 0 spiro atoms. The van der Waals surface area contributed by atoms with Gasteiger partial charge in [-0.05, 0) is 36.8 Å². The van der Waals surface area contributed by atoms with Crippen molar-refractivity contribution in [3.63, 3.8) is 0 Å². The number of fused-ring (bicyclic) bond motifs is 1. The molecule has 0 fully saturated rings. The lowest BCUT2D eigenvalue weighted by atomic mass is 10.2.